The number of carbonyl (C=O) groups excluding carboxylic acids is 1. The molecule has 0 atom stereocenters. The monoisotopic (exact) mass is 209 g/mol. The Bertz CT molecular complexity index is 290. The molecular formula is C11H15NOS. The minimum Gasteiger partial charge on any atom is -0.310 e. The van der Waals surface area contributed by atoms with Gasteiger partial charge in [-0.2, -0.15) is 0 Å². The second-order valence-corrected chi connectivity index (χ2v) is 4.90. The Morgan fingerprint density at radius 1 is 1.57 bits per heavy atom. The lowest BCUT2D eigenvalue weighted by Crippen LogP contribution is -2.25. The molecule has 2 nitrogen and oxygen atoms in total. The van der Waals surface area contributed by atoms with Gasteiger partial charge in [0.1, 0.15) is 0 Å². The summed E-state index contributed by atoms with van der Waals surface area (Å²) in [5, 5.41) is 5.23. The summed E-state index contributed by atoms with van der Waals surface area (Å²) in [6.45, 7) is 1.56. The van der Waals surface area contributed by atoms with Crippen LogP contribution >= 0.6 is 11.3 Å². The van der Waals surface area contributed by atoms with E-state index in [2.05, 4.69) is 5.32 Å². The molecule has 1 N–H and O–H groups in total. The molecule has 0 bridgehead atoms. The van der Waals surface area contributed by atoms with Gasteiger partial charge in [-0.05, 0) is 36.8 Å². The molecule has 2 rings (SSSR count). The first kappa shape index (κ1) is 9.87. The first-order valence-corrected chi connectivity index (χ1v) is 5.97. The predicted molar refractivity (Wildman–Crippen MR) is 58.6 cm³/mol. The van der Waals surface area contributed by atoms with Crippen LogP contribution in [0.4, 0.5) is 0 Å². The number of Topliss-reactive ketones (excluding diaryl/α,β-unsaturated/α-hetero) is 1. The second kappa shape index (κ2) is 4.71. The number of rotatable bonds is 6. The van der Waals surface area contributed by atoms with Crippen LogP contribution in [0, 0.1) is 5.92 Å². The SMILES string of the molecule is O=C(CNCC1CC1)Cc1cccs1. The molecule has 0 radical (unpaired) electrons. The van der Waals surface area contributed by atoms with Crippen molar-refractivity contribution in [3.05, 3.63) is 22.4 Å². The molecule has 0 saturated heterocycles. The Hall–Kier alpha value is -0.670. The van der Waals surface area contributed by atoms with Crippen molar-refractivity contribution in [2.45, 2.75) is 19.3 Å². The Kier molecular flexibility index (Phi) is 3.32. The highest BCUT2D eigenvalue weighted by atomic mass is 32.1. The maximum absolute atomic E-state index is 11.5. The largest absolute Gasteiger partial charge is 0.310 e. The lowest BCUT2D eigenvalue weighted by molar-refractivity contribution is -0.117. The number of hydrogen-bond acceptors (Lipinski definition) is 3. The molecule has 1 aliphatic carbocycles. The Labute approximate surface area is 88.3 Å². The zero-order valence-corrected chi connectivity index (χ0v) is 8.98. The van der Waals surface area contributed by atoms with Crippen molar-refractivity contribution in [1.29, 1.82) is 0 Å². The highest BCUT2D eigenvalue weighted by Gasteiger charge is 2.20. The minimum absolute atomic E-state index is 0.299. The Morgan fingerprint density at radius 2 is 2.43 bits per heavy atom. The molecule has 1 heterocycles. The third-order valence-electron chi connectivity index (χ3n) is 2.40. The second-order valence-electron chi connectivity index (χ2n) is 3.87. The van der Waals surface area contributed by atoms with Crippen LogP contribution in [-0.2, 0) is 11.2 Å². The summed E-state index contributed by atoms with van der Waals surface area (Å²) in [5.41, 5.74) is 0. The summed E-state index contributed by atoms with van der Waals surface area (Å²) >= 11 is 1.65. The van der Waals surface area contributed by atoms with Gasteiger partial charge in [0, 0.05) is 11.3 Å². The first-order valence-electron chi connectivity index (χ1n) is 5.09. The van der Waals surface area contributed by atoms with Crippen LogP contribution in [0.5, 0.6) is 0 Å². The fourth-order valence-electron chi connectivity index (χ4n) is 1.41. The van der Waals surface area contributed by atoms with E-state index in [9.17, 15) is 4.79 Å². The molecule has 0 aromatic carbocycles. The van der Waals surface area contributed by atoms with E-state index < -0.39 is 0 Å². The van der Waals surface area contributed by atoms with Gasteiger partial charge in [0.15, 0.2) is 5.78 Å². The molecule has 0 amide bonds. The number of ketones is 1. The minimum atomic E-state index is 0.299. The summed E-state index contributed by atoms with van der Waals surface area (Å²) in [6.07, 6.45) is 3.27. The fourth-order valence-corrected chi connectivity index (χ4v) is 2.14. The van der Waals surface area contributed by atoms with Crippen LogP contribution in [0.3, 0.4) is 0 Å². The molecule has 1 aliphatic rings. The first-order chi connectivity index (χ1) is 6.84. The normalized spacial score (nSPS) is 15.7. The van der Waals surface area contributed by atoms with Gasteiger partial charge in [-0.25, -0.2) is 0 Å². The van der Waals surface area contributed by atoms with E-state index in [1.807, 2.05) is 17.5 Å². The predicted octanol–water partition coefficient (Wildman–Crippen LogP) is 1.86. The molecule has 1 fully saturated rings. The van der Waals surface area contributed by atoms with Gasteiger partial charge >= 0.3 is 0 Å². The van der Waals surface area contributed by atoms with Crippen molar-refractivity contribution < 1.29 is 4.79 Å². The van der Waals surface area contributed by atoms with Crippen LogP contribution in [0.1, 0.15) is 17.7 Å². The van der Waals surface area contributed by atoms with E-state index >= 15 is 0 Å². The Morgan fingerprint density at radius 3 is 3.07 bits per heavy atom. The molecule has 0 unspecified atom stereocenters. The maximum atomic E-state index is 11.5. The molecule has 0 spiro atoms. The van der Waals surface area contributed by atoms with Gasteiger partial charge in [0.25, 0.3) is 0 Å². The summed E-state index contributed by atoms with van der Waals surface area (Å²) in [5.74, 6) is 1.15. The van der Waals surface area contributed by atoms with Crippen LogP contribution in [0.2, 0.25) is 0 Å². The van der Waals surface area contributed by atoms with Crippen LogP contribution in [0.15, 0.2) is 17.5 Å². The van der Waals surface area contributed by atoms with E-state index in [-0.39, 0.29) is 0 Å². The van der Waals surface area contributed by atoms with Gasteiger partial charge in [0.05, 0.1) is 6.54 Å². The molecule has 14 heavy (non-hydrogen) atoms. The van der Waals surface area contributed by atoms with Crippen molar-refractivity contribution in [3.63, 3.8) is 0 Å². The van der Waals surface area contributed by atoms with Gasteiger partial charge in [-0.1, -0.05) is 6.07 Å². The fraction of sp³-hybridized carbons (Fsp3) is 0.545. The van der Waals surface area contributed by atoms with Crippen molar-refractivity contribution in [2.24, 2.45) is 5.92 Å². The summed E-state index contributed by atoms with van der Waals surface area (Å²) in [6, 6.07) is 4.01. The van der Waals surface area contributed by atoms with Crippen LogP contribution in [0.25, 0.3) is 0 Å². The van der Waals surface area contributed by atoms with Gasteiger partial charge in [-0.15, -0.1) is 11.3 Å². The molecule has 3 heteroatoms. The maximum Gasteiger partial charge on any atom is 0.151 e. The highest BCUT2D eigenvalue weighted by molar-refractivity contribution is 7.10. The van der Waals surface area contributed by atoms with Crippen molar-refractivity contribution in [3.8, 4) is 0 Å². The molecule has 1 aromatic heterocycles. The summed E-state index contributed by atoms with van der Waals surface area (Å²) in [7, 11) is 0. The molecule has 1 saturated carbocycles. The third kappa shape index (κ3) is 3.24. The molecule has 1 aromatic rings. The van der Waals surface area contributed by atoms with Gasteiger partial charge in [0.2, 0.25) is 0 Å². The molecular weight excluding hydrogens is 194 g/mol. The zero-order valence-electron chi connectivity index (χ0n) is 8.16. The summed E-state index contributed by atoms with van der Waals surface area (Å²) in [4.78, 5) is 12.6. The van der Waals surface area contributed by atoms with Gasteiger partial charge in [-0.3, -0.25) is 4.79 Å². The van der Waals surface area contributed by atoms with Crippen LogP contribution in [-0.4, -0.2) is 18.9 Å². The third-order valence-corrected chi connectivity index (χ3v) is 3.28. The van der Waals surface area contributed by atoms with E-state index in [4.69, 9.17) is 0 Å². The van der Waals surface area contributed by atoms with Crippen LogP contribution < -0.4 is 5.32 Å². The smallest absolute Gasteiger partial charge is 0.151 e. The highest BCUT2D eigenvalue weighted by Crippen LogP contribution is 2.27. The average Bonchev–Trinajstić information content (AvgIpc) is 2.83. The number of hydrogen-bond donors (Lipinski definition) is 1. The topological polar surface area (TPSA) is 29.1 Å². The molecule has 0 aliphatic heterocycles. The van der Waals surface area contributed by atoms with E-state index in [0.717, 1.165) is 12.5 Å². The Balaban J connectivity index is 1.62. The number of thiophene rings is 1. The van der Waals surface area contributed by atoms with Crippen molar-refractivity contribution >= 4 is 17.1 Å². The number of carbonyl (C=O) groups is 1. The van der Waals surface area contributed by atoms with Crippen molar-refractivity contribution in [2.75, 3.05) is 13.1 Å². The quantitative estimate of drug-likeness (QED) is 0.775. The standard InChI is InChI=1S/C11H15NOS/c13-10(6-11-2-1-5-14-11)8-12-7-9-3-4-9/h1-2,5,9,12H,3-4,6-8H2. The number of nitrogens with one attached hydrogen (secondary N) is 1. The lowest BCUT2D eigenvalue weighted by atomic mass is 10.2. The lowest BCUT2D eigenvalue weighted by Gasteiger charge is -2.01. The molecule has 76 valence electrons. The summed E-state index contributed by atoms with van der Waals surface area (Å²) < 4.78 is 0. The van der Waals surface area contributed by atoms with E-state index in [0.29, 0.717) is 18.7 Å². The van der Waals surface area contributed by atoms with Crippen molar-refractivity contribution in [1.82, 2.24) is 5.32 Å². The van der Waals surface area contributed by atoms with E-state index in [1.54, 1.807) is 11.3 Å². The van der Waals surface area contributed by atoms with Gasteiger partial charge < -0.3 is 5.32 Å². The average molecular weight is 209 g/mol. The van der Waals surface area contributed by atoms with E-state index in [1.165, 1.54) is 17.7 Å². The zero-order chi connectivity index (χ0) is 9.80.